The second-order valence-electron chi connectivity index (χ2n) is 20.8. The Morgan fingerprint density at radius 2 is 0.933 bits per heavy atom. The van der Waals surface area contributed by atoms with Gasteiger partial charge >= 0.3 is 11.9 Å². The highest BCUT2D eigenvalue weighted by atomic mass is 32.2. The number of carboxylic acids is 2. The van der Waals surface area contributed by atoms with Gasteiger partial charge in [-0.3, -0.25) is 28.8 Å². The smallest absolute Gasteiger partial charge is 0.364 e. The molecule has 2 unspecified atom stereocenters. The maximum absolute atomic E-state index is 12.9. The van der Waals surface area contributed by atoms with Gasteiger partial charge in [-0.15, -0.1) is 45.3 Å². The van der Waals surface area contributed by atoms with Crippen LogP contribution in [0.2, 0.25) is 0 Å². The molecule has 14 N–H and O–H groups in total. The lowest BCUT2D eigenvalue weighted by Gasteiger charge is -2.46. The van der Waals surface area contributed by atoms with Crippen LogP contribution in [0.15, 0.2) is 83.6 Å². The molecule has 90 heavy (non-hydrogen) atoms. The molecule has 12 atom stereocenters. The van der Waals surface area contributed by atoms with Gasteiger partial charge in [0.05, 0.1) is 59.5 Å². The van der Waals surface area contributed by atoms with Crippen LogP contribution >= 0.6 is 68.9 Å². The number of benzene rings is 1. The van der Waals surface area contributed by atoms with E-state index in [0.29, 0.717) is 56.7 Å². The van der Waals surface area contributed by atoms with Gasteiger partial charge in [0.15, 0.2) is 0 Å². The molecule has 4 aromatic heterocycles. The fourth-order valence-electron chi connectivity index (χ4n) is 9.62. The van der Waals surface area contributed by atoms with Crippen molar-refractivity contribution in [3.63, 3.8) is 0 Å². The number of thioether (sulfide) groups is 2. The minimum absolute atomic E-state index is 0.178. The first kappa shape index (κ1) is 71.5. The van der Waals surface area contributed by atoms with Gasteiger partial charge in [-0.1, -0.05) is 12.1 Å². The molecule has 0 radical (unpaired) electrons. The fraction of sp³-hybridized carbons (Fsp3) is 0.483. The molecule has 32 heteroatoms. The molecule has 2 aliphatic rings. The predicted octanol–water partition coefficient (Wildman–Crippen LogP) is 2.18. The van der Waals surface area contributed by atoms with Crippen molar-refractivity contribution in [2.24, 2.45) is 0 Å². The second kappa shape index (κ2) is 34.1. The highest BCUT2D eigenvalue weighted by molar-refractivity contribution is 7.99. The number of aliphatic carboxylic acids is 2. The van der Waals surface area contributed by atoms with Crippen LogP contribution in [0.4, 0.5) is 0 Å². The number of hydrogen-bond donors (Lipinski definition) is 14. The second-order valence-corrected chi connectivity index (χ2v) is 27.3. The third kappa shape index (κ3) is 19.6. The van der Waals surface area contributed by atoms with E-state index in [0.717, 1.165) is 33.4 Å². The Hall–Kier alpha value is -5.92. The van der Waals surface area contributed by atoms with E-state index in [1.54, 1.807) is 24.3 Å². The number of aliphatic hydroxyl groups excluding tert-OH is 6. The zero-order chi connectivity index (χ0) is 65.1. The van der Waals surface area contributed by atoms with Gasteiger partial charge in [0.2, 0.25) is 11.8 Å². The molecule has 0 saturated carbocycles. The van der Waals surface area contributed by atoms with Crippen LogP contribution in [0.3, 0.4) is 0 Å². The summed E-state index contributed by atoms with van der Waals surface area (Å²) in [6.07, 6.45) is -14.6. The molecule has 2 fully saturated rings. The molecule has 0 bridgehead atoms. The number of hydrogen-bond acceptors (Lipinski definition) is 24. The van der Waals surface area contributed by atoms with Gasteiger partial charge in [0.1, 0.15) is 24.4 Å². The molecule has 26 nitrogen and oxygen atoms in total. The van der Waals surface area contributed by atoms with Crippen molar-refractivity contribution in [2.75, 3.05) is 62.4 Å². The normalized spacial score (nSPS) is 22.9. The summed E-state index contributed by atoms with van der Waals surface area (Å²) in [4.78, 5) is 106. The zero-order valence-corrected chi connectivity index (χ0v) is 53.6. The average Bonchev–Trinajstić information content (AvgIpc) is 1.41. The molecule has 490 valence electrons. The quantitative estimate of drug-likeness (QED) is 0.0262. The molecular formula is C58H72N6O20S6. The number of rotatable bonds is 34. The Labute approximate surface area is 541 Å². The van der Waals surface area contributed by atoms with Crippen molar-refractivity contribution < 1.29 is 98.2 Å². The van der Waals surface area contributed by atoms with Gasteiger partial charge in [-0.05, 0) is 95.8 Å². The Bertz CT molecular complexity index is 2980. The lowest BCUT2D eigenvalue weighted by atomic mass is 9.88. The van der Waals surface area contributed by atoms with Crippen molar-refractivity contribution in [3.05, 3.63) is 104 Å². The molecule has 5 aromatic rings. The Morgan fingerprint density at radius 3 is 1.28 bits per heavy atom. The first-order valence-corrected chi connectivity index (χ1v) is 34.1. The Kier molecular flexibility index (Phi) is 27.1. The fourth-order valence-corrected chi connectivity index (χ4v) is 14.7. The summed E-state index contributed by atoms with van der Waals surface area (Å²) in [5.41, 5.74) is 0.599. The maximum Gasteiger partial charge on any atom is 0.364 e. The van der Waals surface area contributed by atoms with Gasteiger partial charge < -0.3 is 91.7 Å². The van der Waals surface area contributed by atoms with Crippen LogP contribution in [0, 0.1) is 0 Å². The summed E-state index contributed by atoms with van der Waals surface area (Å²) in [6, 6.07) is 17.7. The first-order chi connectivity index (χ1) is 43.0. The van der Waals surface area contributed by atoms with Crippen molar-refractivity contribution in [1.82, 2.24) is 31.9 Å². The number of carboxylic acid groups (broad SMARTS) is 2. The highest BCUT2D eigenvalue weighted by Gasteiger charge is 2.57. The topological polar surface area (TPSA) is 408 Å². The van der Waals surface area contributed by atoms with E-state index >= 15 is 0 Å². The van der Waals surface area contributed by atoms with Crippen LogP contribution in [0.5, 0.6) is 0 Å². The van der Waals surface area contributed by atoms with Crippen molar-refractivity contribution in [1.29, 1.82) is 0 Å². The van der Waals surface area contributed by atoms with Crippen LogP contribution in [-0.2, 0) is 38.1 Å². The summed E-state index contributed by atoms with van der Waals surface area (Å²) in [5.74, 6) is -9.49. The number of nitrogens with one attached hydrogen (secondary N) is 6. The largest absolute Gasteiger partial charge is 0.477 e. The van der Waals surface area contributed by atoms with Crippen LogP contribution < -0.4 is 31.9 Å². The van der Waals surface area contributed by atoms with E-state index in [9.17, 15) is 79.2 Å². The molecule has 6 amide bonds. The highest BCUT2D eigenvalue weighted by Crippen LogP contribution is 2.37. The molecule has 0 spiro atoms. The lowest BCUT2D eigenvalue weighted by molar-refractivity contribution is -0.310. The Balaban J connectivity index is 0.770. The lowest BCUT2D eigenvalue weighted by Crippen LogP contribution is -2.68. The standard InChI is InChI=1S/C58H72N6O20S6/c1-31(65)63-45-35(67)27-57(55(77)78,83-49(45)47(71)37(69)29-61-53(75)43-15-13-41(89-43)39-7-3-23-87-39)81-19-5-21-85-25-17-59-51(73)33-9-11-34(12-10-33)52(74)60-18-26-86-22-6-20-82-58(56(79)80)28-36(68)46(64-32(2)66)50(84-58)48(72)38(70)30-62-54(76)44-16-14-42(90-44)40-8-4-24-88-40/h3-4,7-16,23-24,35-38,45-50,67-72H,5-6,17-22,25-30H2,1-2H3,(H,59,73)(H,60,74)(H,61,75)(H,62,76)(H,63,65)(H,64,66)(H,77,78)(H,79,80)/t35-,36-,37+,38+,45+,46+,47?,48?,49+,50+,57+,58+/m0/s1. The number of carbonyl (C=O) groups excluding carboxylic acids is 6. The predicted molar refractivity (Wildman–Crippen MR) is 338 cm³/mol. The number of carbonyl (C=O) groups is 8. The summed E-state index contributed by atoms with van der Waals surface area (Å²) in [6.45, 7) is 1.48. The first-order valence-electron chi connectivity index (χ1n) is 28.4. The van der Waals surface area contributed by atoms with Crippen molar-refractivity contribution in [2.45, 2.75) is 112 Å². The number of ether oxygens (including phenoxy) is 4. The minimum Gasteiger partial charge on any atom is -0.477 e. The van der Waals surface area contributed by atoms with Crippen LogP contribution in [0.25, 0.3) is 19.5 Å². The summed E-state index contributed by atoms with van der Waals surface area (Å²) in [7, 11) is 0. The number of aliphatic hydroxyl groups is 6. The van der Waals surface area contributed by atoms with E-state index in [1.165, 1.54) is 93.1 Å². The third-order valence-corrected chi connectivity index (χ3v) is 20.6. The number of thiophene rings is 4. The van der Waals surface area contributed by atoms with E-state index in [1.807, 2.05) is 35.0 Å². The van der Waals surface area contributed by atoms with E-state index in [2.05, 4.69) is 31.9 Å². The SMILES string of the molecule is CC(=O)N[C@@H]1[C@@H](O)C[C@](OCCCSCCNC(=O)c2ccc(C(=O)NCCSCCCO[C@]3(C(=O)O)C[C@H](O)[C@@H](NC(C)=O)[C@H](C(O)[C@H](O)CNC(=O)c4ccc(-c5cccs5)s4)O3)cc2)(C(=O)O)O[C@H]1C(O)[C@H](O)CNC(=O)c1ccc(-c2cccs2)s1. The van der Waals surface area contributed by atoms with Crippen LogP contribution in [-0.4, -0.2) is 223 Å². The van der Waals surface area contributed by atoms with Gasteiger partial charge in [0.25, 0.3) is 35.2 Å². The monoisotopic (exact) mass is 1360 g/mol. The molecular weight excluding hydrogens is 1290 g/mol. The van der Waals surface area contributed by atoms with E-state index < -0.39 is 146 Å². The van der Waals surface area contributed by atoms with Gasteiger partial charge in [-0.2, -0.15) is 23.5 Å². The van der Waals surface area contributed by atoms with E-state index in [-0.39, 0.29) is 26.3 Å². The Morgan fingerprint density at radius 1 is 0.544 bits per heavy atom. The van der Waals surface area contributed by atoms with Crippen molar-refractivity contribution in [3.8, 4) is 19.5 Å². The molecule has 7 rings (SSSR count). The molecule has 2 aliphatic heterocycles. The van der Waals surface area contributed by atoms with Gasteiger partial charge in [0, 0.05) is 95.0 Å². The van der Waals surface area contributed by atoms with Gasteiger partial charge in [-0.25, -0.2) is 9.59 Å². The minimum atomic E-state index is -2.48. The summed E-state index contributed by atoms with van der Waals surface area (Å²) >= 11 is 8.32. The van der Waals surface area contributed by atoms with Crippen molar-refractivity contribution >= 4 is 116 Å². The number of amides is 6. The van der Waals surface area contributed by atoms with E-state index in [4.69, 9.17) is 18.9 Å². The summed E-state index contributed by atoms with van der Waals surface area (Å²) < 4.78 is 23.1. The average molecular weight is 1370 g/mol. The molecule has 2 saturated heterocycles. The third-order valence-electron chi connectivity index (χ3n) is 14.1. The summed E-state index contributed by atoms with van der Waals surface area (Å²) in [5, 5.41) is 107. The molecule has 6 heterocycles. The molecule has 0 aliphatic carbocycles. The zero-order valence-electron chi connectivity index (χ0n) is 48.7. The van der Waals surface area contributed by atoms with Crippen LogP contribution in [0.1, 0.15) is 79.6 Å². The molecule has 1 aromatic carbocycles. The maximum atomic E-state index is 12.9.